The van der Waals surface area contributed by atoms with Gasteiger partial charge in [0, 0.05) is 12.5 Å². The number of hydrogen-bond acceptors (Lipinski definition) is 2. The number of allylic oxidation sites excluding steroid dienone is 1. The minimum absolute atomic E-state index is 0.449. The molecule has 0 unspecified atom stereocenters. The highest BCUT2D eigenvalue weighted by Gasteiger charge is 2.17. The maximum absolute atomic E-state index is 5.39. The molecule has 2 aromatic rings. The Hall–Kier alpha value is -2.06. The molecule has 0 heterocycles. The van der Waals surface area contributed by atoms with Crippen molar-refractivity contribution in [3.05, 3.63) is 71.8 Å². The smallest absolute Gasteiger partial charge is 0.119 e. The van der Waals surface area contributed by atoms with E-state index in [1.165, 1.54) is 16.7 Å². The Kier molecular flexibility index (Phi) is 6.42. The molecule has 1 atom stereocenters. The van der Waals surface area contributed by atoms with Gasteiger partial charge in [-0.1, -0.05) is 48.5 Å². The molecule has 0 aliphatic heterocycles. The lowest BCUT2D eigenvalue weighted by molar-refractivity contribution is 0.363. The van der Waals surface area contributed by atoms with E-state index in [0.29, 0.717) is 5.92 Å². The predicted octanol–water partition coefficient (Wildman–Crippen LogP) is 4.52. The fourth-order valence-corrected chi connectivity index (χ4v) is 3.05. The third-order valence-electron chi connectivity index (χ3n) is 4.06. The fourth-order valence-electron chi connectivity index (χ4n) is 3.05. The monoisotopic (exact) mass is 309 g/mol. The minimum Gasteiger partial charge on any atom is -0.497 e. The van der Waals surface area contributed by atoms with E-state index in [2.05, 4.69) is 80.5 Å². The lowest BCUT2D eigenvalue weighted by Gasteiger charge is -2.25. The van der Waals surface area contributed by atoms with Crippen molar-refractivity contribution in [2.45, 2.75) is 13.3 Å². The van der Waals surface area contributed by atoms with Crippen molar-refractivity contribution >= 4 is 5.57 Å². The van der Waals surface area contributed by atoms with Crippen LogP contribution in [0, 0.1) is 5.92 Å². The molecule has 0 aromatic heterocycles. The summed E-state index contributed by atoms with van der Waals surface area (Å²) in [5.74, 6) is 1.36. The van der Waals surface area contributed by atoms with Crippen LogP contribution in [0.1, 0.15) is 18.1 Å². The lowest BCUT2D eigenvalue weighted by Crippen LogP contribution is -2.24. The van der Waals surface area contributed by atoms with Gasteiger partial charge in [-0.2, -0.15) is 0 Å². The molecule has 0 spiro atoms. The summed E-state index contributed by atoms with van der Waals surface area (Å²) in [4.78, 5) is 2.26. The second kappa shape index (κ2) is 8.54. The van der Waals surface area contributed by atoms with Gasteiger partial charge >= 0.3 is 0 Å². The van der Waals surface area contributed by atoms with Gasteiger partial charge in [-0.15, -0.1) is 0 Å². The summed E-state index contributed by atoms with van der Waals surface area (Å²) in [6, 6.07) is 19.1. The van der Waals surface area contributed by atoms with E-state index in [0.717, 1.165) is 18.7 Å². The topological polar surface area (TPSA) is 12.5 Å². The zero-order valence-electron chi connectivity index (χ0n) is 14.6. The summed E-state index contributed by atoms with van der Waals surface area (Å²) in [6.07, 6.45) is 3.28. The van der Waals surface area contributed by atoms with Crippen LogP contribution in [-0.4, -0.2) is 32.6 Å². The lowest BCUT2D eigenvalue weighted by atomic mass is 9.86. The largest absolute Gasteiger partial charge is 0.497 e. The maximum atomic E-state index is 5.39. The Balaban J connectivity index is 2.31. The number of rotatable bonds is 7. The maximum Gasteiger partial charge on any atom is 0.119 e. The Bertz CT molecular complexity index is 631. The van der Waals surface area contributed by atoms with E-state index >= 15 is 0 Å². The summed E-state index contributed by atoms with van der Waals surface area (Å²) < 4.78 is 5.39. The molecule has 0 fully saturated rings. The van der Waals surface area contributed by atoms with Gasteiger partial charge < -0.3 is 9.64 Å². The highest BCUT2D eigenvalue weighted by atomic mass is 16.5. The van der Waals surface area contributed by atoms with Gasteiger partial charge in [-0.3, -0.25) is 0 Å². The van der Waals surface area contributed by atoms with Crippen LogP contribution >= 0.6 is 0 Å². The zero-order chi connectivity index (χ0) is 16.7. The predicted molar refractivity (Wildman–Crippen MR) is 98.8 cm³/mol. The third kappa shape index (κ3) is 4.97. The van der Waals surface area contributed by atoms with Crippen molar-refractivity contribution in [2.75, 3.05) is 27.7 Å². The van der Waals surface area contributed by atoms with Crippen molar-refractivity contribution < 1.29 is 4.74 Å². The van der Waals surface area contributed by atoms with E-state index in [-0.39, 0.29) is 0 Å². The molecule has 2 aromatic carbocycles. The zero-order valence-corrected chi connectivity index (χ0v) is 14.6. The van der Waals surface area contributed by atoms with Gasteiger partial charge in [0.05, 0.1) is 7.11 Å². The SMILES string of the molecule is C/C=C(/c1cccc(OC)c1)[C@H](Cc1ccccc1)CN(C)C. The number of benzene rings is 2. The van der Waals surface area contributed by atoms with Crippen molar-refractivity contribution in [2.24, 2.45) is 5.92 Å². The molecule has 0 amide bonds. The highest BCUT2D eigenvalue weighted by Crippen LogP contribution is 2.29. The van der Waals surface area contributed by atoms with Crippen LogP contribution in [-0.2, 0) is 6.42 Å². The van der Waals surface area contributed by atoms with E-state index in [9.17, 15) is 0 Å². The van der Waals surface area contributed by atoms with Crippen LogP contribution in [0.15, 0.2) is 60.7 Å². The quantitative estimate of drug-likeness (QED) is 0.745. The standard InChI is InChI=1S/C21H27NO/c1-5-21(18-12-9-13-20(15-18)23-4)19(16-22(2)3)14-17-10-7-6-8-11-17/h5-13,15,19H,14,16H2,1-4H3/b21-5-/t19-/m1/s1. The minimum atomic E-state index is 0.449. The summed E-state index contributed by atoms with van der Waals surface area (Å²) in [7, 11) is 5.99. The van der Waals surface area contributed by atoms with Gasteiger partial charge in [0.1, 0.15) is 5.75 Å². The molecule has 2 heteroatoms. The molecule has 23 heavy (non-hydrogen) atoms. The number of methoxy groups -OCH3 is 1. The Labute approximate surface area is 140 Å². The molecule has 0 aliphatic rings. The Morgan fingerprint density at radius 1 is 1.09 bits per heavy atom. The van der Waals surface area contributed by atoms with Crippen molar-refractivity contribution in [1.29, 1.82) is 0 Å². The van der Waals surface area contributed by atoms with E-state index < -0.39 is 0 Å². The van der Waals surface area contributed by atoms with Gasteiger partial charge in [0.15, 0.2) is 0 Å². The number of hydrogen-bond donors (Lipinski definition) is 0. The summed E-state index contributed by atoms with van der Waals surface area (Å²) in [6.45, 7) is 3.15. The highest BCUT2D eigenvalue weighted by molar-refractivity contribution is 5.68. The average molecular weight is 309 g/mol. The summed E-state index contributed by atoms with van der Waals surface area (Å²) in [5.41, 5.74) is 4.00. The van der Waals surface area contributed by atoms with Gasteiger partial charge in [0.25, 0.3) is 0 Å². The van der Waals surface area contributed by atoms with E-state index in [1.807, 2.05) is 6.07 Å². The first kappa shape index (κ1) is 17.3. The van der Waals surface area contributed by atoms with Crippen LogP contribution in [0.2, 0.25) is 0 Å². The van der Waals surface area contributed by atoms with E-state index in [1.54, 1.807) is 7.11 Å². The molecule has 0 radical (unpaired) electrons. The van der Waals surface area contributed by atoms with Crippen LogP contribution in [0.3, 0.4) is 0 Å². The average Bonchev–Trinajstić information content (AvgIpc) is 2.56. The normalized spacial score (nSPS) is 13.2. The molecule has 0 saturated carbocycles. The van der Waals surface area contributed by atoms with Crippen LogP contribution < -0.4 is 4.74 Å². The Morgan fingerprint density at radius 3 is 2.43 bits per heavy atom. The first-order valence-corrected chi connectivity index (χ1v) is 8.13. The second-order valence-corrected chi connectivity index (χ2v) is 6.12. The molecular formula is C21H27NO. The van der Waals surface area contributed by atoms with Crippen LogP contribution in [0.5, 0.6) is 5.75 Å². The van der Waals surface area contributed by atoms with Crippen LogP contribution in [0.25, 0.3) is 5.57 Å². The molecule has 0 saturated heterocycles. The van der Waals surface area contributed by atoms with Crippen molar-refractivity contribution in [1.82, 2.24) is 4.90 Å². The molecule has 0 N–H and O–H groups in total. The molecule has 2 nitrogen and oxygen atoms in total. The number of nitrogens with zero attached hydrogens (tertiary/aromatic N) is 1. The Morgan fingerprint density at radius 2 is 1.83 bits per heavy atom. The first-order valence-electron chi connectivity index (χ1n) is 8.13. The first-order chi connectivity index (χ1) is 11.1. The van der Waals surface area contributed by atoms with E-state index in [4.69, 9.17) is 4.74 Å². The molecule has 122 valence electrons. The van der Waals surface area contributed by atoms with Crippen molar-refractivity contribution in [3.63, 3.8) is 0 Å². The molecule has 2 rings (SSSR count). The summed E-state index contributed by atoms with van der Waals surface area (Å²) >= 11 is 0. The van der Waals surface area contributed by atoms with Gasteiger partial charge in [-0.25, -0.2) is 0 Å². The van der Waals surface area contributed by atoms with Gasteiger partial charge in [-0.05, 0) is 56.3 Å². The molecule has 0 aliphatic carbocycles. The molecular weight excluding hydrogens is 282 g/mol. The second-order valence-electron chi connectivity index (χ2n) is 6.12. The van der Waals surface area contributed by atoms with Crippen LogP contribution in [0.4, 0.5) is 0 Å². The summed E-state index contributed by atoms with van der Waals surface area (Å²) in [5, 5.41) is 0. The molecule has 0 bridgehead atoms. The number of ether oxygens (including phenoxy) is 1. The van der Waals surface area contributed by atoms with Crippen molar-refractivity contribution in [3.8, 4) is 5.75 Å². The van der Waals surface area contributed by atoms with Gasteiger partial charge in [0.2, 0.25) is 0 Å². The fraction of sp³-hybridized carbons (Fsp3) is 0.333. The third-order valence-corrected chi connectivity index (χ3v) is 4.06.